The van der Waals surface area contributed by atoms with E-state index in [1.165, 1.54) is 7.11 Å². The second kappa shape index (κ2) is 7.22. The molecule has 1 atom stereocenters. The van der Waals surface area contributed by atoms with Gasteiger partial charge in [0.25, 0.3) is 5.91 Å². The zero-order valence-corrected chi connectivity index (χ0v) is 10.3. The highest BCUT2D eigenvalue weighted by atomic mass is 16.5. The number of carboxylic acid groups (broad SMARTS) is 1. The van der Waals surface area contributed by atoms with Gasteiger partial charge in [-0.1, -0.05) is 12.1 Å². The summed E-state index contributed by atoms with van der Waals surface area (Å²) >= 11 is 0. The first-order valence-corrected chi connectivity index (χ1v) is 5.47. The number of benzene rings is 1. The maximum absolute atomic E-state index is 11.4. The maximum atomic E-state index is 11.4. The molecular weight excluding hydrogens is 254 g/mol. The van der Waals surface area contributed by atoms with Crippen molar-refractivity contribution < 1.29 is 29.3 Å². The summed E-state index contributed by atoms with van der Waals surface area (Å²) in [6.07, 6.45) is 0. The van der Waals surface area contributed by atoms with Crippen molar-refractivity contribution in [1.82, 2.24) is 5.32 Å². The molecule has 0 radical (unpaired) electrons. The highest BCUT2D eigenvalue weighted by Gasteiger charge is 2.19. The van der Waals surface area contributed by atoms with Crippen LogP contribution in [0.25, 0.3) is 0 Å². The van der Waals surface area contributed by atoms with Crippen molar-refractivity contribution >= 4 is 11.9 Å². The molecule has 0 aliphatic carbocycles. The average Bonchev–Trinajstić information content (AvgIpc) is 2.42. The number of ether oxygens (including phenoxy) is 2. The average molecular weight is 269 g/mol. The molecule has 0 aromatic heterocycles. The molecule has 0 saturated carbocycles. The number of nitrogens with one attached hydrogen (secondary N) is 1. The predicted molar refractivity (Wildman–Crippen MR) is 65.1 cm³/mol. The van der Waals surface area contributed by atoms with Gasteiger partial charge in [-0.15, -0.1) is 0 Å². The fourth-order valence-electron chi connectivity index (χ4n) is 1.30. The topological polar surface area (TPSA) is 105 Å². The van der Waals surface area contributed by atoms with E-state index in [1.807, 2.05) is 0 Å². The Balaban J connectivity index is 2.52. The number of aliphatic hydroxyl groups is 1. The number of para-hydroxylation sites is 2. The summed E-state index contributed by atoms with van der Waals surface area (Å²) in [6, 6.07) is 5.41. The summed E-state index contributed by atoms with van der Waals surface area (Å²) in [6.45, 7) is -1.06. The third kappa shape index (κ3) is 4.47. The SMILES string of the molecule is COc1ccccc1OCC(=O)N[C@H](CO)C(=O)O. The summed E-state index contributed by atoms with van der Waals surface area (Å²) in [5.41, 5.74) is 0. The van der Waals surface area contributed by atoms with Crippen LogP contribution in [0.2, 0.25) is 0 Å². The van der Waals surface area contributed by atoms with Gasteiger partial charge in [0, 0.05) is 0 Å². The lowest BCUT2D eigenvalue weighted by molar-refractivity contribution is -0.143. The van der Waals surface area contributed by atoms with E-state index in [4.69, 9.17) is 19.7 Å². The number of carbonyl (C=O) groups excluding carboxylic acids is 1. The number of carboxylic acids is 1. The van der Waals surface area contributed by atoms with Crippen molar-refractivity contribution in [3.05, 3.63) is 24.3 Å². The highest BCUT2D eigenvalue weighted by Crippen LogP contribution is 2.25. The Labute approximate surface area is 109 Å². The van der Waals surface area contributed by atoms with Crippen LogP contribution in [0.1, 0.15) is 0 Å². The molecule has 0 aliphatic rings. The van der Waals surface area contributed by atoms with Gasteiger partial charge in [0.1, 0.15) is 6.04 Å². The second-order valence-corrected chi connectivity index (χ2v) is 3.58. The molecule has 1 amide bonds. The Morgan fingerprint density at radius 2 is 1.95 bits per heavy atom. The summed E-state index contributed by atoms with van der Waals surface area (Å²) in [7, 11) is 1.47. The lowest BCUT2D eigenvalue weighted by atomic mass is 10.3. The van der Waals surface area contributed by atoms with Gasteiger partial charge in [-0.2, -0.15) is 0 Å². The minimum Gasteiger partial charge on any atom is -0.493 e. The number of aliphatic carboxylic acids is 1. The Morgan fingerprint density at radius 1 is 1.32 bits per heavy atom. The largest absolute Gasteiger partial charge is 0.493 e. The number of hydrogen-bond donors (Lipinski definition) is 3. The molecule has 0 spiro atoms. The zero-order chi connectivity index (χ0) is 14.3. The van der Waals surface area contributed by atoms with Gasteiger partial charge >= 0.3 is 5.97 Å². The molecule has 1 rings (SSSR count). The second-order valence-electron chi connectivity index (χ2n) is 3.58. The van der Waals surface area contributed by atoms with Crippen LogP contribution in [-0.4, -0.2) is 48.5 Å². The summed E-state index contributed by atoms with van der Waals surface area (Å²) < 4.78 is 10.2. The van der Waals surface area contributed by atoms with E-state index in [1.54, 1.807) is 24.3 Å². The first-order valence-electron chi connectivity index (χ1n) is 5.47. The van der Waals surface area contributed by atoms with Crippen LogP contribution in [0.4, 0.5) is 0 Å². The first-order chi connectivity index (χ1) is 9.08. The van der Waals surface area contributed by atoms with Crippen LogP contribution in [0.15, 0.2) is 24.3 Å². The fourth-order valence-corrected chi connectivity index (χ4v) is 1.30. The lowest BCUT2D eigenvalue weighted by Crippen LogP contribution is -2.45. The summed E-state index contributed by atoms with van der Waals surface area (Å²) in [5, 5.41) is 19.5. The number of hydrogen-bond acceptors (Lipinski definition) is 5. The van der Waals surface area contributed by atoms with Gasteiger partial charge in [0.15, 0.2) is 18.1 Å². The predicted octanol–water partition coefficient (Wildman–Crippen LogP) is -0.364. The minimum absolute atomic E-state index is 0.371. The Morgan fingerprint density at radius 3 is 2.47 bits per heavy atom. The molecule has 104 valence electrons. The van der Waals surface area contributed by atoms with Crippen LogP contribution in [0, 0.1) is 0 Å². The summed E-state index contributed by atoms with van der Waals surface area (Å²) in [5.74, 6) is -1.12. The molecule has 3 N–H and O–H groups in total. The Bertz CT molecular complexity index is 448. The first kappa shape index (κ1) is 14.8. The molecule has 0 fully saturated rings. The van der Waals surface area contributed by atoms with Gasteiger partial charge in [0.05, 0.1) is 13.7 Å². The number of aliphatic hydroxyl groups excluding tert-OH is 1. The third-order valence-corrected chi connectivity index (χ3v) is 2.24. The van der Waals surface area contributed by atoms with E-state index in [9.17, 15) is 9.59 Å². The highest BCUT2D eigenvalue weighted by molar-refractivity contribution is 5.84. The molecule has 0 aliphatic heterocycles. The van der Waals surface area contributed by atoms with Crippen molar-refractivity contribution in [2.75, 3.05) is 20.3 Å². The van der Waals surface area contributed by atoms with Crippen LogP contribution in [0.3, 0.4) is 0 Å². The third-order valence-electron chi connectivity index (χ3n) is 2.24. The van der Waals surface area contributed by atoms with Crippen molar-refractivity contribution in [2.24, 2.45) is 0 Å². The molecule has 0 unspecified atom stereocenters. The van der Waals surface area contributed by atoms with Crippen LogP contribution < -0.4 is 14.8 Å². The van der Waals surface area contributed by atoms with E-state index in [-0.39, 0.29) is 6.61 Å². The van der Waals surface area contributed by atoms with Crippen LogP contribution in [-0.2, 0) is 9.59 Å². The van der Waals surface area contributed by atoms with Crippen LogP contribution >= 0.6 is 0 Å². The number of rotatable bonds is 7. The molecule has 0 saturated heterocycles. The molecular formula is C12H15NO6. The van der Waals surface area contributed by atoms with E-state index >= 15 is 0 Å². The summed E-state index contributed by atoms with van der Waals surface area (Å²) in [4.78, 5) is 22.0. The molecule has 0 bridgehead atoms. The monoisotopic (exact) mass is 269 g/mol. The molecule has 19 heavy (non-hydrogen) atoms. The zero-order valence-electron chi connectivity index (χ0n) is 10.3. The molecule has 1 aromatic rings. The quantitative estimate of drug-likeness (QED) is 0.624. The van der Waals surface area contributed by atoms with Gasteiger partial charge in [-0.25, -0.2) is 4.79 Å². The Kier molecular flexibility index (Phi) is 5.62. The number of carbonyl (C=O) groups is 2. The standard InChI is InChI=1S/C12H15NO6/c1-18-9-4-2-3-5-10(9)19-7-11(15)13-8(6-14)12(16)17/h2-5,8,14H,6-7H2,1H3,(H,13,15)(H,16,17)/t8-/m1/s1. The normalized spacial score (nSPS) is 11.5. The van der Waals surface area contributed by atoms with Gasteiger partial charge in [-0.05, 0) is 12.1 Å². The molecule has 7 nitrogen and oxygen atoms in total. The van der Waals surface area contributed by atoms with Crippen molar-refractivity contribution in [2.45, 2.75) is 6.04 Å². The maximum Gasteiger partial charge on any atom is 0.328 e. The van der Waals surface area contributed by atoms with E-state index < -0.39 is 24.5 Å². The number of amides is 1. The molecule has 0 heterocycles. The smallest absolute Gasteiger partial charge is 0.328 e. The van der Waals surface area contributed by atoms with Gasteiger partial charge in [-0.3, -0.25) is 4.79 Å². The van der Waals surface area contributed by atoms with Gasteiger partial charge in [0.2, 0.25) is 0 Å². The minimum atomic E-state index is -1.34. The molecule has 7 heteroatoms. The van der Waals surface area contributed by atoms with E-state index in [0.717, 1.165) is 0 Å². The Hall–Kier alpha value is -2.28. The molecule has 1 aromatic carbocycles. The van der Waals surface area contributed by atoms with E-state index in [0.29, 0.717) is 11.5 Å². The van der Waals surface area contributed by atoms with Crippen LogP contribution in [0.5, 0.6) is 11.5 Å². The number of methoxy groups -OCH3 is 1. The lowest BCUT2D eigenvalue weighted by Gasteiger charge is -2.13. The van der Waals surface area contributed by atoms with Gasteiger partial charge < -0.3 is 25.0 Å². The van der Waals surface area contributed by atoms with E-state index in [2.05, 4.69) is 5.32 Å². The van der Waals surface area contributed by atoms with Crippen molar-refractivity contribution in [3.8, 4) is 11.5 Å². The van der Waals surface area contributed by atoms with Crippen molar-refractivity contribution in [1.29, 1.82) is 0 Å². The van der Waals surface area contributed by atoms with Crippen molar-refractivity contribution in [3.63, 3.8) is 0 Å². The fraction of sp³-hybridized carbons (Fsp3) is 0.333.